The van der Waals surface area contributed by atoms with E-state index in [9.17, 15) is 22.8 Å². The third kappa shape index (κ3) is 5.09. The average molecular weight is 302 g/mol. The van der Waals surface area contributed by atoms with Crippen LogP contribution in [0.3, 0.4) is 0 Å². The SMILES string of the molecule is CC(C)C[C@@H](NC(=O)c1cccc(C(F)(F)F)c1)C(N)=O. The summed E-state index contributed by atoms with van der Waals surface area (Å²) in [4.78, 5) is 23.2. The summed E-state index contributed by atoms with van der Waals surface area (Å²) in [7, 11) is 0. The first-order valence-electron chi connectivity index (χ1n) is 6.38. The van der Waals surface area contributed by atoms with E-state index in [1.165, 1.54) is 6.07 Å². The van der Waals surface area contributed by atoms with Crippen LogP contribution in [0.15, 0.2) is 24.3 Å². The molecule has 2 amide bonds. The molecule has 0 radical (unpaired) electrons. The summed E-state index contributed by atoms with van der Waals surface area (Å²) in [5, 5.41) is 2.36. The van der Waals surface area contributed by atoms with Crippen LogP contribution in [0.4, 0.5) is 13.2 Å². The molecule has 0 aliphatic rings. The normalized spacial score (nSPS) is 13.0. The Bertz CT molecular complexity index is 527. The zero-order valence-corrected chi connectivity index (χ0v) is 11.7. The van der Waals surface area contributed by atoms with Crippen LogP contribution in [0.1, 0.15) is 36.2 Å². The molecule has 0 aromatic heterocycles. The molecule has 7 heteroatoms. The van der Waals surface area contributed by atoms with Gasteiger partial charge in [0.25, 0.3) is 5.91 Å². The molecular formula is C14H17F3N2O2. The molecule has 0 aliphatic heterocycles. The van der Waals surface area contributed by atoms with Gasteiger partial charge >= 0.3 is 6.18 Å². The second-order valence-corrected chi connectivity index (χ2v) is 5.14. The summed E-state index contributed by atoms with van der Waals surface area (Å²) in [6, 6.07) is 3.09. The molecule has 0 bridgehead atoms. The van der Waals surface area contributed by atoms with Crippen molar-refractivity contribution >= 4 is 11.8 Å². The maximum atomic E-state index is 12.6. The summed E-state index contributed by atoms with van der Waals surface area (Å²) in [6.45, 7) is 3.68. The predicted molar refractivity (Wildman–Crippen MR) is 71.3 cm³/mol. The highest BCUT2D eigenvalue weighted by Crippen LogP contribution is 2.29. The predicted octanol–water partition coefficient (Wildman–Crippen LogP) is 2.34. The maximum absolute atomic E-state index is 12.6. The van der Waals surface area contributed by atoms with Gasteiger partial charge in [-0.3, -0.25) is 9.59 Å². The molecule has 21 heavy (non-hydrogen) atoms. The van der Waals surface area contributed by atoms with Crippen molar-refractivity contribution in [3.63, 3.8) is 0 Å². The number of rotatable bonds is 5. The van der Waals surface area contributed by atoms with Crippen LogP contribution in [0.25, 0.3) is 0 Å². The summed E-state index contributed by atoms with van der Waals surface area (Å²) >= 11 is 0. The molecule has 1 aromatic rings. The molecule has 4 nitrogen and oxygen atoms in total. The number of amides is 2. The molecule has 3 N–H and O–H groups in total. The third-order valence-corrected chi connectivity index (χ3v) is 2.81. The largest absolute Gasteiger partial charge is 0.416 e. The first-order valence-corrected chi connectivity index (χ1v) is 6.38. The van der Waals surface area contributed by atoms with E-state index >= 15 is 0 Å². The number of alkyl halides is 3. The third-order valence-electron chi connectivity index (χ3n) is 2.81. The Morgan fingerprint density at radius 3 is 2.38 bits per heavy atom. The lowest BCUT2D eigenvalue weighted by atomic mass is 10.0. The maximum Gasteiger partial charge on any atom is 0.416 e. The fourth-order valence-corrected chi connectivity index (χ4v) is 1.80. The van der Waals surface area contributed by atoms with Crippen molar-refractivity contribution < 1.29 is 22.8 Å². The number of carbonyl (C=O) groups excluding carboxylic acids is 2. The number of nitrogens with one attached hydrogen (secondary N) is 1. The summed E-state index contributed by atoms with van der Waals surface area (Å²) < 4.78 is 37.8. The van der Waals surface area contributed by atoms with Crippen molar-refractivity contribution in [3.05, 3.63) is 35.4 Å². The topological polar surface area (TPSA) is 72.2 Å². The smallest absolute Gasteiger partial charge is 0.368 e. The summed E-state index contributed by atoms with van der Waals surface area (Å²) in [6.07, 6.45) is -4.21. The molecule has 0 heterocycles. The van der Waals surface area contributed by atoms with E-state index in [0.717, 1.165) is 18.2 Å². The van der Waals surface area contributed by atoms with Crippen LogP contribution < -0.4 is 11.1 Å². The molecule has 0 aliphatic carbocycles. The van der Waals surface area contributed by atoms with Crippen LogP contribution in [-0.4, -0.2) is 17.9 Å². The van der Waals surface area contributed by atoms with E-state index in [0.29, 0.717) is 6.42 Å². The molecule has 0 saturated heterocycles. The molecule has 0 unspecified atom stereocenters. The van der Waals surface area contributed by atoms with Crippen LogP contribution in [-0.2, 0) is 11.0 Å². The Labute approximate surface area is 120 Å². The van der Waals surface area contributed by atoms with Crippen molar-refractivity contribution in [3.8, 4) is 0 Å². The van der Waals surface area contributed by atoms with Gasteiger partial charge in [-0.15, -0.1) is 0 Å². The molecule has 1 rings (SSSR count). The lowest BCUT2D eigenvalue weighted by Gasteiger charge is -2.17. The van der Waals surface area contributed by atoms with Gasteiger partial charge in [0.05, 0.1) is 5.56 Å². The van der Waals surface area contributed by atoms with Crippen LogP contribution in [0, 0.1) is 5.92 Å². The van der Waals surface area contributed by atoms with Gasteiger partial charge < -0.3 is 11.1 Å². The van der Waals surface area contributed by atoms with Crippen molar-refractivity contribution in [1.29, 1.82) is 0 Å². The Hall–Kier alpha value is -2.05. The molecule has 1 aromatic carbocycles. The van der Waals surface area contributed by atoms with Gasteiger partial charge in [0.1, 0.15) is 6.04 Å². The van der Waals surface area contributed by atoms with Gasteiger partial charge in [-0.05, 0) is 30.5 Å². The Balaban J connectivity index is 2.90. The number of primary amides is 1. The van der Waals surface area contributed by atoms with Gasteiger partial charge in [-0.1, -0.05) is 19.9 Å². The van der Waals surface area contributed by atoms with Gasteiger partial charge in [0, 0.05) is 5.56 Å². The van der Waals surface area contributed by atoms with Crippen LogP contribution in [0.5, 0.6) is 0 Å². The number of carbonyl (C=O) groups is 2. The monoisotopic (exact) mass is 302 g/mol. The second kappa shape index (κ2) is 6.60. The number of nitrogens with two attached hydrogens (primary N) is 1. The lowest BCUT2D eigenvalue weighted by molar-refractivity contribution is -0.137. The van der Waals surface area contributed by atoms with Crippen molar-refractivity contribution in [1.82, 2.24) is 5.32 Å². The second-order valence-electron chi connectivity index (χ2n) is 5.14. The lowest BCUT2D eigenvalue weighted by Crippen LogP contribution is -2.45. The van der Waals surface area contributed by atoms with E-state index in [4.69, 9.17) is 5.73 Å². The van der Waals surface area contributed by atoms with E-state index in [1.807, 2.05) is 13.8 Å². The Morgan fingerprint density at radius 1 is 1.29 bits per heavy atom. The van der Waals surface area contributed by atoms with Gasteiger partial charge in [-0.2, -0.15) is 13.2 Å². The molecular weight excluding hydrogens is 285 g/mol. The van der Waals surface area contributed by atoms with Gasteiger partial charge in [0.15, 0.2) is 0 Å². The molecule has 116 valence electrons. The minimum atomic E-state index is -4.53. The minimum absolute atomic E-state index is 0.101. The highest BCUT2D eigenvalue weighted by Gasteiger charge is 2.31. The molecule has 1 atom stereocenters. The molecule has 0 saturated carbocycles. The van der Waals surface area contributed by atoms with Gasteiger partial charge in [0.2, 0.25) is 5.91 Å². The fourth-order valence-electron chi connectivity index (χ4n) is 1.80. The van der Waals surface area contributed by atoms with Crippen molar-refractivity contribution in [2.75, 3.05) is 0 Å². The van der Waals surface area contributed by atoms with E-state index in [-0.39, 0.29) is 11.5 Å². The quantitative estimate of drug-likeness (QED) is 0.876. The zero-order valence-electron chi connectivity index (χ0n) is 11.7. The van der Waals surface area contributed by atoms with E-state index < -0.39 is 29.6 Å². The highest BCUT2D eigenvalue weighted by atomic mass is 19.4. The fraction of sp³-hybridized carbons (Fsp3) is 0.429. The standard InChI is InChI=1S/C14H17F3N2O2/c1-8(2)6-11(12(18)20)19-13(21)9-4-3-5-10(7-9)14(15,16)17/h3-5,7-8,11H,6H2,1-2H3,(H2,18,20)(H,19,21)/t11-/m1/s1. The summed E-state index contributed by atoms with van der Waals surface area (Å²) in [5.41, 5.74) is 4.09. The molecule has 0 spiro atoms. The van der Waals surface area contributed by atoms with Gasteiger partial charge in [-0.25, -0.2) is 0 Å². The number of benzene rings is 1. The van der Waals surface area contributed by atoms with E-state index in [1.54, 1.807) is 0 Å². The number of hydrogen-bond acceptors (Lipinski definition) is 2. The van der Waals surface area contributed by atoms with Crippen molar-refractivity contribution in [2.45, 2.75) is 32.5 Å². The minimum Gasteiger partial charge on any atom is -0.368 e. The van der Waals surface area contributed by atoms with Crippen molar-refractivity contribution in [2.24, 2.45) is 11.7 Å². The van der Waals surface area contributed by atoms with Crippen LogP contribution >= 0.6 is 0 Å². The Morgan fingerprint density at radius 2 is 1.90 bits per heavy atom. The average Bonchev–Trinajstić information content (AvgIpc) is 2.36. The first-order chi connectivity index (χ1) is 9.61. The number of halogens is 3. The summed E-state index contributed by atoms with van der Waals surface area (Å²) in [5.74, 6) is -1.38. The molecule has 0 fully saturated rings. The zero-order chi connectivity index (χ0) is 16.2. The first kappa shape index (κ1) is 17.0. The highest BCUT2D eigenvalue weighted by molar-refractivity contribution is 5.97. The Kier molecular flexibility index (Phi) is 5.34. The number of hydrogen-bond donors (Lipinski definition) is 2. The van der Waals surface area contributed by atoms with Crippen LogP contribution in [0.2, 0.25) is 0 Å². The van der Waals surface area contributed by atoms with E-state index in [2.05, 4.69) is 5.32 Å².